The number of halogens is 6. The Labute approximate surface area is 476 Å². The fourth-order valence-corrected chi connectivity index (χ4v) is 12.9. The molecular weight excluding hydrogens is 1030 g/mol. The van der Waals surface area contributed by atoms with Crippen molar-refractivity contribution in [2.45, 2.75) is 73.8 Å². The molecule has 2 unspecified atom stereocenters. The summed E-state index contributed by atoms with van der Waals surface area (Å²) in [6.45, 7) is 16.4. The Morgan fingerprint density at radius 3 is 1.39 bits per heavy atom. The van der Waals surface area contributed by atoms with Crippen LogP contribution in [0.5, 0.6) is 0 Å². The molecule has 0 bridgehead atoms. The van der Waals surface area contributed by atoms with Crippen LogP contribution >= 0.6 is 0 Å². The normalized spacial score (nSPS) is 16.3. The first-order chi connectivity index (χ1) is 39.2. The van der Waals surface area contributed by atoms with Gasteiger partial charge in [-0.25, -0.2) is 0 Å². The average Bonchev–Trinajstić information content (AvgIpc) is 3.47. The van der Waals surface area contributed by atoms with Crippen LogP contribution in [0.2, 0.25) is 0 Å². The van der Waals surface area contributed by atoms with Crippen molar-refractivity contribution in [3.05, 3.63) is 296 Å². The molecule has 8 aromatic rings. The van der Waals surface area contributed by atoms with E-state index in [0.717, 1.165) is 129 Å². The number of para-hydroxylation sites is 2. The standard InChI is InChI=1S/C74H60F6N2/c1-43-17-27-55(47(5)37-43)53-25-35-67(61(41-53)57-29-19-45(3)39-49(57)7)81(69-15-11-9-13-63(69)73(75,76)77)65-33-23-51-22-32-60-66(34-24-52-21-31-59(65)71(51)72(52)60)82(70-16-12-10-14-64(70)74(78,79)80)68-36-26-54(56-28-18-44(2)38-48(56)6)42-62(68)58-30-20-46(4)40-50(58)8/h9-42,65,72H,1-8H3. The van der Waals surface area contributed by atoms with Gasteiger partial charge >= 0.3 is 12.4 Å². The molecule has 0 saturated carbocycles. The molecule has 0 N–H and O–H groups in total. The molecule has 0 amide bonds. The maximum Gasteiger partial charge on any atom is 0.418 e. The summed E-state index contributed by atoms with van der Waals surface area (Å²) < 4.78 is 94.2. The highest BCUT2D eigenvalue weighted by Gasteiger charge is 2.44. The number of rotatable bonds is 10. The summed E-state index contributed by atoms with van der Waals surface area (Å²) in [7, 11) is 0. The molecule has 0 fully saturated rings. The van der Waals surface area contributed by atoms with Crippen LogP contribution in [0.4, 0.5) is 49.1 Å². The van der Waals surface area contributed by atoms with Gasteiger partial charge in [0.15, 0.2) is 0 Å². The second-order valence-electron chi connectivity index (χ2n) is 22.4. The lowest BCUT2D eigenvalue weighted by Crippen LogP contribution is -2.38. The van der Waals surface area contributed by atoms with Crippen molar-refractivity contribution in [3.8, 4) is 44.5 Å². The van der Waals surface area contributed by atoms with E-state index in [-0.39, 0.29) is 11.4 Å². The van der Waals surface area contributed by atoms with Gasteiger partial charge in [0.25, 0.3) is 0 Å². The van der Waals surface area contributed by atoms with E-state index in [1.54, 1.807) is 23.1 Å². The van der Waals surface area contributed by atoms with Crippen molar-refractivity contribution in [1.29, 1.82) is 0 Å². The van der Waals surface area contributed by atoms with Gasteiger partial charge in [-0.3, -0.25) is 0 Å². The number of hydrogen-bond acceptors (Lipinski definition) is 2. The number of alkyl halides is 6. The van der Waals surface area contributed by atoms with E-state index in [4.69, 9.17) is 0 Å². The van der Waals surface area contributed by atoms with Crippen molar-refractivity contribution in [2.75, 3.05) is 9.80 Å². The second kappa shape index (κ2) is 20.6. The molecule has 0 saturated heterocycles. The molecule has 0 spiro atoms. The van der Waals surface area contributed by atoms with Crippen LogP contribution in [-0.4, -0.2) is 6.04 Å². The molecule has 8 aromatic carbocycles. The molecule has 408 valence electrons. The predicted molar refractivity (Wildman–Crippen MR) is 325 cm³/mol. The highest BCUT2D eigenvalue weighted by Crippen LogP contribution is 2.55. The van der Waals surface area contributed by atoms with Gasteiger partial charge in [0, 0.05) is 22.7 Å². The van der Waals surface area contributed by atoms with E-state index in [2.05, 4.69) is 94.4 Å². The Balaban J connectivity index is 1.07. The Morgan fingerprint density at radius 2 is 0.866 bits per heavy atom. The lowest BCUT2D eigenvalue weighted by Gasteiger charge is -2.44. The van der Waals surface area contributed by atoms with Crippen LogP contribution in [0.1, 0.15) is 55.6 Å². The first-order valence-corrected chi connectivity index (χ1v) is 27.7. The maximum absolute atomic E-state index is 15.7. The summed E-state index contributed by atoms with van der Waals surface area (Å²) in [4.78, 5) is 3.62. The Hall–Kier alpha value is -8.88. The molecule has 4 aliphatic rings. The highest BCUT2D eigenvalue weighted by molar-refractivity contribution is 5.93. The van der Waals surface area contributed by atoms with Gasteiger partial charge in [0.2, 0.25) is 0 Å². The third-order valence-corrected chi connectivity index (χ3v) is 16.6. The average molecular weight is 1090 g/mol. The minimum absolute atomic E-state index is 0.0147. The van der Waals surface area contributed by atoms with Gasteiger partial charge < -0.3 is 9.80 Å². The minimum Gasteiger partial charge on any atom is -0.329 e. The summed E-state index contributed by atoms with van der Waals surface area (Å²) in [5, 5.41) is 0. The van der Waals surface area contributed by atoms with E-state index in [0.29, 0.717) is 17.1 Å². The maximum atomic E-state index is 15.7. The van der Waals surface area contributed by atoms with Crippen molar-refractivity contribution < 1.29 is 26.3 Å². The molecule has 0 aromatic heterocycles. The zero-order valence-corrected chi connectivity index (χ0v) is 46.9. The molecule has 4 aliphatic carbocycles. The topological polar surface area (TPSA) is 6.48 Å². The van der Waals surface area contributed by atoms with Gasteiger partial charge in [-0.05, 0) is 193 Å². The number of aryl methyl sites for hydroxylation is 8. The number of allylic oxidation sites excluding steroid dienone is 10. The number of hydrogen-bond donors (Lipinski definition) is 0. The van der Waals surface area contributed by atoms with E-state index in [1.807, 2.05) is 124 Å². The van der Waals surface area contributed by atoms with Crippen molar-refractivity contribution in [2.24, 2.45) is 5.92 Å². The number of anilines is 4. The lowest BCUT2D eigenvalue weighted by atomic mass is 9.67. The number of benzene rings is 8. The van der Waals surface area contributed by atoms with Crippen LogP contribution in [0, 0.1) is 61.3 Å². The molecule has 12 rings (SSSR count). The van der Waals surface area contributed by atoms with Crippen LogP contribution in [0.25, 0.3) is 44.5 Å². The molecule has 82 heavy (non-hydrogen) atoms. The summed E-state index contributed by atoms with van der Waals surface area (Å²) in [6, 6.07) is 47.8. The zero-order chi connectivity index (χ0) is 57.5. The van der Waals surface area contributed by atoms with Gasteiger partial charge in [-0.1, -0.05) is 174 Å². The molecule has 0 aliphatic heterocycles. The summed E-state index contributed by atoms with van der Waals surface area (Å²) in [5.41, 5.74) is 19.9. The fraction of sp³-hybridized carbons (Fsp3) is 0.162. The largest absolute Gasteiger partial charge is 0.418 e. The zero-order valence-electron chi connectivity index (χ0n) is 46.9. The van der Waals surface area contributed by atoms with Crippen LogP contribution in [0.15, 0.2) is 240 Å². The van der Waals surface area contributed by atoms with Crippen LogP contribution in [-0.2, 0) is 12.4 Å². The Morgan fingerprint density at radius 1 is 0.390 bits per heavy atom. The monoisotopic (exact) mass is 1090 g/mol. The van der Waals surface area contributed by atoms with Gasteiger partial charge in [0.1, 0.15) is 0 Å². The van der Waals surface area contributed by atoms with Crippen LogP contribution in [0.3, 0.4) is 0 Å². The number of nitrogens with zero attached hydrogens (tertiary/aromatic N) is 2. The fourth-order valence-electron chi connectivity index (χ4n) is 12.9. The third kappa shape index (κ3) is 9.57. The van der Waals surface area contributed by atoms with Crippen molar-refractivity contribution in [1.82, 2.24) is 0 Å². The molecular formula is C74H60F6N2. The minimum atomic E-state index is -4.73. The van der Waals surface area contributed by atoms with Gasteiger partial charge in [-0.2, -0.15) is 26.3 Å². The summed E-state index contributed by atoms with van der Waals surface area (Å²) >= 11 is 0. The second-order valence-corrected chi connectivity index (χ2v) is 22.4. The van der Waals surface area contributed by atoms with E-state index >= 15 is 26.3 Å². The third-order valence-electron chi connectivity index (χ3n) is 16.6. The Bertz CT molecular complexity index is 4190. The first kappa shape index (κ1) is 53.7. The highest BCUT2D eigenvalue weighted by atomic mass is 19.4. The van der Waals surface area contributed by atoms with Gasteiger partial charge in [0.05, 0.1) is 39.9 Å². The van der Waals surface area contributed by atoms with Crippen molar-refractivity contribution in [3.63, 3.8) is 0 Å². The summed E-state index contributed by atoms with van der Waals surface area (Å²) in [5.74, 6) is -0.502. The summed E-state index contributed by atoms with van der Waals surface area (Å²) in [6.07, 6.45) is 6.48. The smallest absolute Gasteiger partial charge is 0.329 e. The van der Waals surface area contributed by atoms with E-state index < -0.39 is 35.4 Å². The van der Waals surface area contributed by atoms with Crippen LogP contribution < -0.4 is 9.80 Å². The molecule has 0 heterocycles. The lowest BCUT2D eigenvalue weighted by molar-refractivity contribution is -0.137. The predicted octanol–water partition coefficient (Wildman–Crippen LogP) is 20.9. The first-order valence-electron chi connectivity index (χ1n) is 27.7. The molecule has 2 nitrogen and oxygen atoms in total. The molecule has 8 heteroatoms. The quantitative estimate of drug-likeness (QED) is 0.126. The van der Waals surface area contributed by atoms with Crippen molar-refractivity contribution >= 4 is 22.7 Å². The molecule has 0 radical (unpaired) electrons. The van der Waals surface area contributed by atoms with Gasteiger partial charge in [-0.15, -0.1) is 0 Å². The Kier molecular flexibility index (Phi) is 13.5. The molecule has 2 atom stereocenters. The van der Waals surface area contributed by atoms with E-state index in [9.17, 15) is 0 Å². The van der Waals surface area contributed by atoms with E-state index in [1.165, 1.54) is 18.2 Å². The SMILES string of the molecule is Cc1ccc(-c2ccc(N(C3=C4C=CC5=C6C(=CC=C(C=C3)C46)C(N(c3ccc(-c4ccc(C)cc4C)cc3-c3ccc(C)cc3C)c3ccccc3C(F)(F)F)C=C5)c3ccccc3C(F)(F)F)c(-c3ccc(C)cc3C)c2)c(C)c1.